The summed E-state index contributed by atoms with van der Waals surface area (Å²) in [6.45, 7) is 4.02. The van der Waals surface area contributed by atoms with Crippen molar-refractivity contribution in [3.8, 4) is 0 Å². The molecule has 2 N–H and O–H groups in total. The van der Waals surface area contributed by atoms with Crippen molar-refractivity contribution in [2.75, 3.05) is 39.3 Å². The molecule has 0 aliphatic carbocycles. The number of sulfonamides is 1. The first-order valence-electron chi connectivity index (χ1n) is 9.73. The molecule has 0 saturated carbocycles. The molecule has 1 aromatic heterocycles. The Morgan fingerprint density at radius 3 is 2.61 bits per heavy atom. The van der Waals surface area contributed by atoms with E-state index in [1.807, 2.05) is 11.8 Å². The van der Waals surface area contributed by atoms with E-state index in [2.05, 4.69) is 15.5 Å². The number of aliphatic hydroxyl groups is 1. The fourth-order valence-corrected chi connectivity index (χ4v) is 4.64. The number of halogens is 2. The number of nitrogens with one attached hydrogen (secondary N) is 1. The van der Waals surface area contributed by atoms with Crippen LogP contribution in [0.4, 0.5) is 4.39 Å². The third-order valence-corrected chi connectivity index (χ3v) is 6.58. The average molecular weight is 567 g/mol. The van der Waals surface area contributed by atoms with Crippen molar-refractivity contribution in [1.29, 1.82) is 0 Å². The molecule has 1 aromatic carbocycles. The number of aliphatic hydroxyl groups excluding tert-OH is 1. The van der Waals surface area contributed by atoms with Crippen LogP contribution >= 0.6 is 24.0 Å². The summed E-state index contributed by atoms with van der Waals surface area (Å²) in [5.74, 6) is -0.121. The Bertz CT molecular complexity index is 950. The van der Waals surface area contributed by atoms with Gasteiger partial charge in [-0.2, -0.15) is 4.31 Å². The van der Waals surface area contributed by atoms with Crippen LogP contribution in [-0.4, -0.2) is 73.1 Å². The standard InChI is InChI=1S/C19H26FN5O4S.HI/c1-2-21-19(22-13-18(26)16-5-3-4-6-17(16)20)24-8-10-25(11-9-24)30(27,28)14-15-7-12-29-23-15;/h3-7,12,18,26H,2,8-11,13-14H2,1H3,(H,21,22);1H. The van der Waals surface area contributed by atoms with Gasteiger partial charge in [-0.1, -0.05) is 23.4 Å². The summed E-state index contributed by atoms with van der Waals surface area (Å²) in [5, 5.41) is 17.1. The molecular formula is C19H27FIN5O4S. The molecule has 1 atom stereocenters. The zero-order valence-electron chi connectivity index (χ0n) is 17.1. The van der Waals surface area contributed by atoms with Gasteiger partial charge in [-0.15, -0.1) is 24.0 Å². The van der Waals surface area contributed by atoms with Gasteiger partial charge in [0.05, 0.1) is 12.2 Å². The van der Waals surface area contributed by atoms with Gasteiger partial charge >= 0.3 is 0 Å². The van der Waals surface area contributed by atoms with Crippen molar-refractivity contribution in [3.63, 3.8) is 0 Å². The topological polar surface area (TPSA) is 111 Å². The lowest BCUT2D eigenvalue weighted by molar-refractivity contribution is 0.181. The summed E-state index contributed by atoms with van der Waals surface area (Å²) in [6.07, 6.45) is 0.279. The highest BCUT2D eigenvalue weighted by Gasteiger charge is 2.29. The van der Waals surface area contributed by atoms with Crippen molar-refractivity contribution in [1.82, 2.24) is 19.7 Å². The van der Waals surface area contributed by atoms with Crippen molar-refractivity contribution in [2.45, 2.75) is 18.8 Å². The molecule has 1 unspecified atom stereocenters. The highest BCUT2D eigenvalue weighted by molar-refractivity contribution is 14.0. The number of nitrogens with zero attached hydrogens (tertiary/aromatic N) is 4. The number of hydrogen-bond acceptors (Lipinski definition) is 6. The highest BCUT2D eigenvalue weighted by atomic mass is 127. The molecule has 0 spiro atoms. The summed E-state index contributed by atoms with van der Waals surface area (Å²) in [5.41, 5.74) is 0.565. The minimum atomic E-state index is -3.49. The molecule has 2 aromatic rings. The van der Waals surface area contributed by atoms with Crippen LogP contribution < -0.4 is 5.32 Å². The average Bonchev–Trinajstić information content (AvgIpc) is 3.23. The second-order valence-electron chi connectivity index (χ2n) is 6.87. The molecule has 2 heterocycles. The fourth-order valence-electron chi connectivity index (χ4n) is 3.21. The number of rotatable bonds is 7. The number of aliphatic imine (C=N–C) groups is 1. The number of aromatic nitrogens is 1. The van der Waals surface area contributed by atoms with Crippen LogP contribution in [0, 0.1) is 5.82 Å². The highest BCUT2D eigenvalue weighted by Crippen LogP contribution is 2.17. The lowest BCUT2D eigenvalue weighted by Crippen LogP contribution is -2.54. The van der Waals surface area contributed by atoms with E-state index in [-0.39, 0.29) is 41.8 Å². The Kier molecular flexibility index (Phi) is 9.65. The van der Waals surface area contributed by atoms with E-state index in [0.29, 0.717) is 44.4 Å². The Morgan fingerprint density at radius 2 is 2.00 bits per heavy atom. The maximum atomic E-state index is 13.9. The van der Waals surface area contributed by atoms with E-state index in [1.54, 1.807) is 12.1 Å². The van der Waals surface area contributed by atoms with Crippen LogP contribution in [0.15, 0.2) is 46.1 Å². The molecule has 3 rings (SSSR count). The minimum absolute atomic E-state index is 0. The third-order valence-electron chi connectivity index (χ3n) is 4.77. The zero-order valence-corrected chi connectivity index (χ0v) is 20.3. The van der Waals surface area contributed by atoms with Gasteiger partial charge in [-0.3, -0.25) is 4.99 Å². The summed E-state index contributed by atoms with van der Waals surface area (Å²) < 4.78 is 45.1. The van der Waals surface area contributed by atoms with Gasteiger partial charge < -0.3 is 19.8 Å². The van der Waals surface area contributed by atoms with Crippen LogP contribution in [0.1, 0.15) is 24.3 Å². The van der Waals surface area contributed by atoms with Crippen LogP contribution in [0.2, 0.25) is 0 Å². The second-order valence-corrected chi connectivity index (χ2v) is 8.83. The Morgan fingerprint density at radius 1 is 1.29 bits per heavy atom. The Labute approximate surface area is 198 Å². The van der Waals surface area contributed by atoms with E-state index < -0.39 is 21.9 Å². The van der Waals surface area contributed by atoms with E-state index in [4.69, 9.17) is 4.52 Å². The molecule has 12 heteroatoms. The molecule has 1 aliphatic rings. The van der Waals surface area contributed by atoms with Crippen LogP contribution in [0.3, 0.4) is 0 Å². The molecule has 1 aliphatic heterocycles. The predicted octanol–water partition coefficient (Wildman–Crippen LogP) is 1.58. The predicted molar refractivity (Wildman–Crippen MR) is 125 cm³/mol. The molecule has 0 radical (unpaired) electrons. The smallest absolute Gasteiger partial charge is 0.220 e. The van der Waals surface area contributed by atoms with Crippen LogP contribution in [0.25, 0.3) is 0 Å². The first-order valence-corrected chi connectivity index (χ1v) is 11.3. The number of benzene rings is 1. The SMILES string of the molecule is CCNC(=NCC(O)c1ccccc1F)N1CCN(S(=O)(=O)Cc2ccon2)CC1.I. The third kappa shape index (κ3) is 6.85. The molecule has 31 heavy (non-hydrogen) atoms. The number of piperazine rings is 1. The van der Waals surface area contributed by atoms with Crippen LogP contribution in [-0.2, 0) is 15.8 Å². The maximum absolute atomic E-state index is 13.9. The van der Waals surface area contributed by atoms with Gasteiger partial charge in [0, 0.05) is 44.4 Å². The van der Waals surface area contributed by atoms with Gasteiger partial charge in [0.1, 0.15) is 23.9 Å². The van der Waals surface area contributed by atoms with E-state index >= 15 is 0 Å². The van der Waals surface area contributed by atoms with E-state index in [9.17, 15) is 17.9 Å². The van der Waals surface area contributed by atoms with E-state index in [1.165, 1.54) is 28.8 Å². The van der Waals surface area contributed by atoms with E-state index in [0.717, 1.165) is 0 Å². The quantitative estimate of drug-likeness (QED) is 0.297. The summed E-state index contributed by atoms with van der Waals surface area (Å²) >= 11 is 0. The van der Waals surface area contributed by atoms with Crippen LogP contribution in [0.5, 0.6) is 0 Å². The lowest BCUT2D eigenvalue weighted by atomic mass is 10.1. The molecule has 1 fully saturated rings. The molecule has 172 valence electrons. The first-order chi connectivity index (χ1) is 14.4. The summed E-state index contributed by atoms with van der Waals surface area (Å²) in [6, 6.07) is 7.59. The van der Waals surface area contributed by atoms with Gasteiger partial charge in [-0.05, 0) is 13.0 Å². The van der Waals surface area contributed by atoms with Crippen molar-refractivity contribution in [3.05, 3.63) is 53.7 Å². The minimum Gasteiger partial charge on any atom is -0.386 e. The molecular weight excluding hydrogens is 540 g/mol. The maximum Gasteiger partial charge on any atom is 0.220 e. The second kappa shape index (κ2) is 11.7. The van der Waals surface area contributed by atoms with Gasteiger partial charge in [0.15, 0.2) is 5.96 Å². The van der Waals surface area contributed by atoms with Gasteiger partial charge in [0.25, 0.3) is 0 Å². The van der Waals surface area contributed by atoms with Crippen molar-refractivity contribution >= 4 is 40.0 Å². The first kappa shape index (κ1) is 25.5. The largest absolute Gasteiger partial charge is 0.386 e. The van der Waals surface area contributed by atoms with Crippen molar-refractivity contribution in [2.24, 2.45) is 4.99 Å². The zero-order chi connectivity index (χ0) is 21.6. The molecule has 9 nitrogen and oxygen atoms in total. The van der Waals surface area contributed by atoms with Gasteiger partial charge in [-0.25, -0.2) is 12.8 Å². The monoisotopic (exact) mass is 567 g/mol. The summed E-state index contributed by atoms with van der Waals surface area (Å²) in [4.78, 5) is 6.36. The lowest BCUT2D eigenvalue weighted by Gasteiger charge is -2.35. The Hall–Kier alpha value is -1.77. The number of guanidine groups is 1. The normalized spacial score (nSPS) is 16.6. The summed E-state index contributed by atoms with van der Waals surface area (Å²) in [7, 11) is -3.49. The van der Waals surface area contributed by atoms with Crippen molar-refractivity contribution < 1.29 is 22.4 Å². The molecule has 0 bridgehead atoms. The molecule has 1 saturated heterocycles. The van der Waals surface area contributed by atoms with Gasteiger partial charge in [0.2, 0.25) is 10.0 Å². The fraction of sp³-hybridized carbons (Fsp3) is 0.474. The molecule has 0 amide bonds. The Balaban J connectivity index is 0.00000341. The number of hydrogen-bond donors (Lipinski definition) is 2.